The lowest BCUT2D eigenvalue weighted by atomic mass is 10.0. The number of rotatable bonds is 9. The molecule has 0 radical (unpaired) electrons. The molecule has 0 aliphatic carbocycles. The van der Waals surface area contributed by atoms with Gasteiger partial charge in [0.2, 0.25) is 0 Å². The number of phosphoric acid groups is 2. The first kappa shape index (κ1) is 20.1. The fraction of sp³-hybridized carbons (Fsp3) is 1.00. The molecule has 0 saturated carbocycles. The summed E-state index contributed by atoms with van der Waals surface area (Å²) < 4.78 is 29.0. The van der Waals surface area contributed by atoms with Crippen molar-refractivity contribution in [3.8, 4) is 0 Å². The summed E-state index contributed by atoms with van der Waals surface area (Å²) in [5.41, 5.74) is 0. The third-order valence-corrected chi connectivity index (χ3v) is 3.02. The maximum atomic E-state index is 10.7. The van der Waals surface area contributed by atoms with Crippen molar-refractivity contribution < 1.29 is 58.2 Å². The highest BCUT2D eigenvalue weighted by atomic mass is 31.2. The fourth-order valence-electron chi connectivity index (χ4n) is 1.09. The first-order valence-corrected chi connectivity index (χ1v) is 8.02. The van der Waals surface area contributed by atoms with E-state index in [2.05, 4.69) is 9.05 Å². The molecule has 122 valence electrons. The average molecular weight is 342 g/mol. The standard InChI is InChI=1S/C6H16O12P2/c7-1-3(8)5(9)6(10)4(18-20(14,15)16)2-17-19(11,12)13/h3-10H,1-2H2,(H2,11,12,13)(H2,14,15,16)/t3-,4+,5-,6-/m1/s1. The Hall–Kier alpha value is 0.0600. The van der Waals surface area contributed by atoms with Gasteiger partial charge in [-0.2, -0.15) is 0 Å². The molecule has 4 atom stereocenters. The summed E-state index contributed by atoms with van der Waals surface area (Å²) >= 11 is 0. The first-order valence-electron chi connectivity index (χ1n) is 4.96. The third kappa shape index (κ3) is 8.37. The third-order valence-electron chi connectivity index (χ3n) is 1.99. The molecule has 20 heavy (non-hydrogen) atoms. The van der Waals surface area contributed by atoms with Gasteiger partial charge >= 0.3 is 15.6 Å². The van der Waals surface area contributed by atoms with Gasteiger partial charge in [0.25, 0.3) is 0 Å². The Bertz CT molecular complexity index is 374. The number of aliphatic hydroxyl groups is 4. The maximum Gasteiger partial charge on any atom is 0.470 e. The Kier molecular flexibility index (Phi) is 7.92. The lowest BCUT2D eigenvalue weighted by molar-refractivity contribution is -0.120. The molecular weight excluding hydrogens is 326 g/mol. The topological polar surface area (TPSA) is 214 Å². The number of hydrogen-bond donors (Lipinski definition) is 8. The SMILES string of the molecule is O=P(O)(O)OC[C@H](OP(=O)(O)O)[C@@H](O)[C@H](O)[C@H](O)CO. The van der Waals surface area contributed by atoms with E-state index in [4.69, 9.17) is 29.8 Å². The Morgan fingerprint density at radius 3 is 1.75 bits per heavy atom. The van der Waals surface area contributed by atoms with Gasteiger partial charge in [-0.25, -0.2) is 9.13 Å². The predicted octanol–water partition coefficient (Wildman–Crippen LogP) is -3.35. The van der Waals surface area contributed by atoms with E-state index in [0.29, 0.717) is 0 Å². The first-order chi connectivity index (χ1) is 8.87. The van der Waals surface area contributed by atoms with Gasteiger partial charge in [0, 0.05) is 0 Å². The average Bonchev–Trinajstić information content (AvgIpc) is 2.29. The predicted molar refractivity (Wildman–Crippen MR) is 60.0 cm³/mol. The molecule has 8 N–H and O–H groups in total. The van der Waals surface area contributed by atoms with Gasteiger partial charge in [0.05, 0.1) is 13.2 Å². The molecule has 0 rings (SSSR count). The summed E-state index contributed by atoms with van der Waals surface area (Å²) in [6, 6.07) is 0. The van der Waals surface area contributed by atoms with Crippen LogP contribution in [0.15, 0.2) is 0 Å². The van der Waals surface area contributed by atoms with Crippen molar-refractivity contribution in [3.05, 3.63) is 0 Å². The van der Waals surface area contributed by atoms with Gasteiger partial charge in [-0.15, -0.1) is 0 Å². The minimum absolute atomic E-state index is 0.986. The van der Waals surface area contributed by atoms with E-state index in [9.17, 15) is 19.3 Å². The van der Waals surface area contributed by atoms with Gasteiger partial charge < -0.3 is 40.0 Å². The van der Waals surface area contributed by atoms with Gasteiger partial charge in [0.1, 0.15) is 24.4 Å². The zero-order valence-corrected chi connectivity index (χ0v) is 11.6. The smallest absolute Gasteiger partial charge is 0.394 e. The van der Waals surface area contributed by atoms with E-state index < -0.39 is 53.3 Å². The molecule has 0 aliphatic rings. The highest BCUT2D eigenvalue weighted by Gasteiger charge is 2.37. The lowest BCUT2D eigenvalue weighted by Crippen LogP contribution is -2.48. The molecule has 12 nitrogen and oxygen atoms in total. The lowest BCUT2D eigenvalue weighted by Gasteiger charge is -2.28. The molecule has 0 aromatic rings. The Balaban J connectivity index is 4.91. The molecule has 0 aromatic heterocycles. The summed E-state index contributed by atoms with van der Waals surface area (Å²) in [6.45, 7) is -2.17. The Morgan fingerprint density at radius 2 is 1.40 bits per heavy atom. The molecule has 0 aliphatic heterocycles. The van der Waals surface area contributed by atoms with Gasteiger partial charge in [-0.1, -0.05) is 0 Å². The maximum absolute atomic E-state index is 10.7. The molecule has 0 bridgehead atoms. The summed E-state index contributed by atoms with van der Waals surface area (Å²) in [7, 11) is -10.2. The second kappa shape index (κ2) is 7.90. The number of hydrogen-bond acceptors (Lipinski definition) is 8. The van der Waals surface area contributed by atoms with Crippen molar-refractivity contribution in [2.24, 2.45) is 0 Å². The van der Waals surface area contributed by atoms with Crippen LogP contribution in [0.2, 0.25) is 0 Å². The monoisotopic (exact) mass is 342 g/mol. The molecular formula is C6H16O12P2. The fourth-order valence-corrected chi connectivity index (χ4v) is 1.97. The van der Waals surface area contributed by atoms with E-state index in [1.807, 2.05) is 0 Å². The van der Waals surface area contributed by atoms with E-state index >= 15 is 0 Å². The van der Waals surface area contributed by atoms with Crippen LogP contribution >= 0.6 is 15.6 Å². The van der Waals surface area contributed by atoms with E-state index in [0.717, 1.165) is 0 Å². The quantitative estimate of drug-likeness (QED) is 0.193. The normalized spacial score (nSPS) is 19.4. The van der Waals surface area contributed by atoms with Crippen molar-refractivity contribution in [1.29, 1.82) is 0 Å². The van der Waals surface area contributed by atoms with Crippen LogP contribution in [0.5, 0.6) is 0 Å². The second-order valence-corrected chi connectivity index (χ2v) is 6.08. The minimum Gasteiger partial charge on any atom is -0.394 e. The van der Waals surface area contributed by atoms with Crippen LogP contribution < -0.4 is 0 Å². The van der Waals surface area contributed by atoms with Crippen LogP contribution in [-0.2, 0) is 18.2 Å². The van der Waals surface area contributed by atoms with Crippen LogP contribution in [-0.4, -0.2) is 77.6 Å². The molecule has 0 aromatic carbocycles. The van der Waals surface area contributed by atoms with E-state index in [-0.39, 0.29) is 0 Å². The van der Waals surface area contributed by atoms with Gasteiger partial charge in [0.15, 0.2) is 0 Å². The van der Waals surface area contributed by atoms with Crippen LogP contribution in [0.1, 0.15) is 0 Å². The van der Waals surface area contributed by atoms with Crippen molar-refractivity contribution in [2.75, 3.05) is 13.2 Å². The summed E-state index contributed by atoms with van der Waals surface area (Å²) in [4.78, 5) is 34.0. The van der Waals surface area contributed by atoms with Gasteiger partial charge in [-0.05, 0) is 0 Å². The second-order valence-electron chi connectivity index (χ2n) is 3.65. The highest BCUT2D eigenvalue weighted by molar-refractivity contribution is 7.46. The van der Waals surface area contributed by atoms with Crippen molar-refractivity contribution in [3.63, 3.8) is 0 Å². The van der Waals surface area contributed by atoms with Crippen molar-refractivity contribution in [1.82, 2.24) is 0 Å². The van der Waals surface area contributed by atoms with E-state index in [1.54, 1.807) is 0 Å². The number of aliphatic hydroxyl groups excluding tert-OH is 4. The summed E-state index contributed by atoms with van der Waals surface area (Å²) in [5.74, 6) is 0. The highest BCUT2D eigenvalue weighted by Crippen LogP contribution is 2.41. The van der Waals surface area contributed by atoms with E-state index in [1.165, 1.54) is 0 Å². The van der Waals surface area contributed by atoms with Crippen molar-refractivity contribution in [2.45, 2.75) is 24.4 Å². The zero-order chi connectivity index (χ0) is 16.1. The molecule has 0 unspecified atom stereocenters. The minimum atomic E-state index is -5.18. The molecule has 0 amide bonds. The molecule has 0 fully saturated rings. The van der Waals surface area contributed by atoms with Crippen LogP contribution in [0.4, 0.5) is 0 Å². The Morgan fingerprint density at radius 1 is 0.900 bits per heavy atom. The zero-order valence-electron chi connectivity index (χ0n) is 9.83. The van der Waals surface area contributed by atoms with Crippen molar-refractivity contribution >= 4 is 15.6 Å². The van der Waals surface area contributed by atoms with Gasteiger partial charge in [-0.3, -0.25) is 9.05 Å². The van der Waals surface area contributed by atoms with Crippen LogP contribution in [0, 0.1) is 0 Å². The summed E-state index contributed by atoms with van der Waals surface area (Å²) in [5, 5.41) is 36.5. The Labute approximate surface area is 112 Å². The largest absolute Gasteiger partial charge is 0.470 e. The molecule has 0 heterocycles. The summed E-state index contributed by atoms with van der Waals surface area (Å²) in [6.07, 6.45) is -8.24. The van der Waals surface area contributed by atoms with Crippen LogP contribution in [0.3, 0.4) is 0 Å². The molecule has 0 spiro atoms. The molecule has 14 heteroatoms. The van der Waals surface area contributed by atoms with Crippen LogP contribution in [0.25, 0.3) is 0 Å². The molecule has 0 saturated heterocycles. The number of phosphoric ester groups is 2.